The molecule has 6 heteroatoms. The summed E-state index contributed by atoms with van der Waals surface area (Å²) < 4.78 is 37.9. The minimum Gasteiger partial charge on any atom is -0.320 e. The molecule has 0 aliphatic rings. The first-order chi connectivity index (χ1) is 7.54. The number of anilines is 1. The molecule has 2 aromatic rings. The second-order valence-corrected chi connectivity index (χ2v) is 3.97. The molecule has 0 saturated heterocycles. The minimum atomic E-state index is -4.38. The molecule has 0 aliphatic carbocycles. The molecular formula is C10H6F3NOS. The van der Waals surface area contributed by atoms with E-state index in [0.717, 1.165) is 17.4 Å². The van der Waals surface area contributed by atoms with E-state index in [0.29, 0.717) is 16.8 Å². The molecule has 0 radical (unpaired) electrons. The zero-order chi connectivity index (χ0) is 11.8. The summed E-state index contributed by atoms with van der Waals surface area (Å²) in [5.41, 5.74) is -0.680. The van der Waals surface area contributed by atoms with Crippen molar-refractivity contribution in [1.29, 1.82) is 0 Å². The number of benzene rings is 1. The quantitative estimate of drug-likeness (QED) is 0.806. The van der Waals surface area contributed by atoms with Crippen LogP contribution < -0.4 is 5.32 Å². The SMILES string of the molecule is O=CNc1scc2c(C(F)(F)F)cccc12. The van der Waals surface area contributed by atoms with Crippen LogP contribution in [0.25, 0.3) is 10.8 Å². The van der Waals surface area contributed by atoms with Gasteiger partial charge in [-0.15, -0.1) is 11.3 Å². The van der Waals surface area contributed by atoms with Gasteiger partial charge in [0.05, 0.1) is 5.56 Å². The Labute approximate surface area is 92.7 Å². The number of carbonyl (C=O) groups is 1. The van der Waals surface area contributed by atoms with Gasteiger partial charge in [-0.05, 0) is 6.07 Å². The van der Waals surface area contributed by atoms with Gasteiger partial charge >= 0.3 is 6.18 Å². The van der Waals surface area contributed by atoms with Crippen LogP contribution in [0.1, 0.15) is 5.56 Å². The summed E-state index contributed by atoms with van der Waals surface area (Å²) in [5, 5.41) is 4.72. The molecule has 16 heavy (non-hydrogen) atoms. The average molecular weight is 245 g/mol. The van der Waals surface area contributed by atoms with Crippen molar-refractivity contribution in [2.75, 3.05) is 5.32 Å². The van der Waals surface area contributed by atoms with Crippen LogP contribution in [0.5, 0.6) is 0 Å². The molecule has 1 heterocycles. The van der Waals surface area contributed by atoms with E-state index in [1.165, 1.54) is 11.4 Å². The Balaban J connectivity index is 2.66. The zero-order valence-corrected chi connectivity index (χ0v) is 8.65. The van der Waals surface area contributed by atoms with Gasteiger partial charge in [0.2, 0.25) is 6.41 Å². The first kappa shape index (κ1) is 10.9. The summed E-state index contributed by atoms with van der Waals surface area (Å²) in [7, 11) is 0. The fourth-order valence-corrected chi connectivity index (χ4v) is 2.39. The van der Waals surface area contributed by atoms with Crippen LogP contribution in [-0.2, 0) is 11.0 Å². The lowest BCUT2D eigenvalue weighted by molar-refractivity contribution is -0.136. The predicted octanol–water partition coefficient (Wildman–Crippen LogP) is 3.49. The summed E-state index contributed by atoms with van der Waals surface area (Å²) in [6.45, 7) is 0. The highest BCUT2D eigenvalue weighted by atomic mass is 32.1. The molecule has 0 saturated carbocycles. The van der Waals surface area contributed by atoms with Crippen molar-refractivity contribution in [3.63, 3.8) is 0 Å². The molecule has 0 atom stereocenters. The summed E-state index contributed by atoms with van der Waals surface area (Å²) >= 11 is 1.08. The summed E-state index contributed by atoms with van der Waals surface area (Å²) in [6.07, 6.45) is -3.93. The number of fused-ring (bicyclic) bond motifs is 1. The fraction of sp³-hybridized carbons (Fsp3) is 0.100. The van der Waals surface area contributed by atoms with Gasteiger partial charge in [-0.1, -0.05) is 12.1 Å². The normalized spacial score (nSPS) is 11.7. The molecule has 2 rings (SSSR count). The second kappa shape index (κ2) is 3.79. The summed E-state index contributed by atoms with van der Waals surface area (Å²) in [6, 6.07) is 3.90. The first-order valence-electron chi connectivity index (χ1n) is 4.31. The monoisotopic (exact) mass is 245 g/mol. The Morgan fingerprint density at radius 2 is 2.00 bits per heavy atom. The van der Waals surface area contributed by atoms with Crippen LogP contribution in [0, 0.1) is 0 Å². The van der Waals surface area contributed by atoms with E-state index in [2.05, 4.69) is 5.32 Å². The number of hydrogen-bond acceptors (Lipinski definition) is 2. The maximum absolute atomic E-state index is 12.6. The number of rotatable bonds is 2. The van der Waals surface area contributed by atoms with E-state index < -0.39 is 11.7 Å². The number of nitrogens with one attached hydrogen (secondary N) is 1. The van der Waals surface area contributed by atoms with E-state index in [1.54, 1.807) is 6.07 Å². The third-order valence-electron chi connectivity index (χ3n) is 2.14. The topological polar surface area (TPSA) is 29.1 Å². The fourth-order valence-electron chi connectivity index (χ4n) is 1.48. The largest absolute Gasteiger partial charge is 0.417 e. The van der Waals surface area contributed by atoms with E-state index in [1.807, 2.05) is 0 Å². The highest BCUT2D eigenvalue weighted by Gasteiger charge is 2.32. The molecular weight excluding hydrogens is 239 g/mol. The first-order valence-corrected chi connectivity index (χ1v) is 5.19. The highest BCUT2D eigenvalue weighted by molar-refractivity contribution is 7.16. The molecule has 1 amide bonds. The van der Waals surface area contributed by atoms with Crippen LogP contribution in [0.3, 0.4) is 0 Å². The Kier molecular flexibility index (Phi) is 2.59. The Hall–Kier alpha value is -1.56. The molecule has 1 aromatic carbocycles. The molecule has 0 spiro atoms. The van der Waals surface area contributed by atoms with Crippen molar-refractivity contribution in [3.8, 4) is 0 Å². The Bertz CT molecular complexity index is 532. The Morgan fingerprint density at radius 1 is 1.25 bits per heavy atom. The number of carbonyl (C=O) groups excluding carboxylic acids is 1. The third-order valence-corrected chi connectivity index (χ3v) is 3.07. The third kappa shape index (κ3) is 1.76. The van der Waals surface area contributed by atoms with Gasteiger partial charge in [0.1, 0.15) is 5.00 Å². The minimum absolute atomic E-state index is 0.115. The van der Waals surface area contributed by atoms with Crippen molar-refractivity contribution >= 4 is 33.5 Å². The van der Waals surface area contributed by atoms with Gasteiger partial charge in [0.15, 0.2) is 0 Å². The van der Waals surface area contributed by atoms with Crippen molar-refractivity contribution in [2.24, 2.45) is 0 Å². The molecule has 0 unspecified atom stereocenters. The molecule has 0 aliphatic heterocycles. The molecule has 1 aromatic heterocycles. The highest BCUT2D eigenvalue weighted by Crippen LogP contribution is 2.39. The standard InChI is InChI=1S/C10H6F3NOS/c11-10(12,13)8-3-1-2-6-7(8)4-16-9(6)14-5-15/h1-5H,(H,14,15). The van der Waals surface area contributed by atoms with Crippen LogP contribution in [0.4, 0.5) is 18.2 Å². The van der Waals surface area contributed by atoms with Gasteiger partial charge in [-0.25, -0.2) is 0 Å². The summed E-state index contributed by atoms with van der Waals surface area (Å²) in [4.78, 5) is 10.3. The van der Waals surface area contributed by atoms with Gasteiger partial charge in [-0.2, -0.15) is 13.2 Å². The maximum atomic E-state index is 12.6. The van der Waals surface area contributed by atoms with E-state index in [4.69, 9.17) is 0 Å². The number of thiophene rings is 1. The number of halogens is 3. The van der Waals surface area contributed by atoms with Gasteiger partial charge in [0, 0.05) is 16.2 Å². The molecule has 0 bridgehead atoms. The van der Waals surface area contributed by atoms with Crippen LogP contribution >= 0.6 is 11.3 Å². The lowest BCUT2D eigenvalue weighted by Crippen LogP contribution is -2.04. The zero-order valence-electron chi connectivity index (χ0n) is 7.84. The predicted molar refractivity (Wildman–Crippen MR) is 56.5 cm³/mol. The lowest BCUT2D eigenvalue weighted by Gasteiger charge is -2.07. The molecule has 0 fully saturated rings. The van der Waals surface area contributed by atoms with Crippen molar-refractivity contribution in [3.05, 3.63) is 29.1 Å². The lowest BCUT2D eigenvalue weighted by atomic mass is 10.1. The molecule has 84 valence electrons. The van der Waals surface area contributed by atoms with E-state index in [-0.39, 0.29) is 5.39 Å². The smallest absolute Gasteiger partial charge is 0.320 e. The van der Waals surface area contributed by atoms with Gasteiger partial charge in [0.25, 0.3) is 0 Å². The van der Waals surface area contributed by atoms with Crippen LogP contribution in [-0.4, -0.2) is 6.41 Å². The van der Waals surface area contributed by atoms with Gasteiger partial charge in [-0.3, -0.25) is 4.79 Å². The van der Waals surface area contributed by atoms with Crippen LogP contribution in [0.15, 0.2) is 23.6 Å². The second-order valence-electron chi connectivity index (χ2n) is 3.09. The summed E-state index contributed by atoms with van der Waals surface area (Å²) in [5.74, 6) is 0. The molecule has 2 nitrogen and oxygen atoms in total. The average Bonchev–Trinajstić information content (AvgIpc) is 2.61. The van der Waals surface area contributed by atoms with Crippen molar-refractivity contribution < 1.29 is 18.0 Å². The van der Waals surface area contributed by atoms with Crippen molar-refractivity contribution in [2.45, 2.75) is 6.18 Å². The number of hydrogen-bond donors (Lipinski definition) is 1. The van der Waals surface area contributed by atoms with Crippen molar-refractivity contribution in [1.82, 2.24) is 0 Å². The number of alkyl halides is 3. The van der Waals surface area contributed by atoms with Crippen LogP contribution in [0.2, 0.25) is 0 Å². The van der Waals surface area contributed by atoms with E-state index in [9.17, 15) is 18.0 Å². The number of amides is 1. The van der Waals surface area contributed by atoms with Gasteiger partial charge < -0.3 is 5.32 Å². The van der Waals surface area contributed by atoms with E-state index >= 15 is 0 Å². The maximum Gasteiger partial charge on any atom is 0.417 e. The molecule has 1 N–H and O–H groups in total. The Morgan fingerprint density at radius 3 is 2.62 bits per heavy atom.